The van der Waals surface area contributed by atoms with Gasteiger partial charge in [-0.05, 0) is 75.8 Å². The normalized spacial score (nSPS) is 24.0. The Morgan fingerprint density at radius 3 is 2.72 bits per heavy atom. The van der Waals surface area contributed by atoms with Crippen LogP contribution in [0.5, 0.6) is 5.75 Å². The van der Waals surface area contributed by atoms with Crippen molar-refractivity contribution in [2.45, 2.75) is 77.0 Å². The van der Waals surface area contributed by atoms with Gasteiger partial charge in [-0.25, -0.2) is 0 Å². The van der Waals surface area contributed by atoms with E-state index in [9.17, 15) is 5.11 Å². The maximum absolute atomic E-state index is 11.1. The van der Waals surface area contributed by atoms with Crippen LogP contribution >= 0.6 is 0 Å². The quantitative estimate of drug-likeness (QED) is 0.784. The fraction of sp³-hybridized carbons (Fsp3) is 0.625. The van der Waals surface area contributed by atoms with Gasteiger partial charge in [-0.15, -0.1) is 0 Å². The second-order valence-corrected chi connectivity index (χ2v) is 9.16. The van der Waals surface area contributed by atoms with Crippen molar-refractivity contribution in [3.05, 3.63) is 47.3 Å². The topological polar surface area (TPSA) is 50.5 Å². The molecule has 1 N–H and O–H groups in total. The molecule has 0 spiro atoms. The number of aliphatic hydroxyl groups is 1. The summed E-state index contributed by atoms with van der Waals surface area (Å²) in [7, 11) is 0. The zero-order valence-electron chi connectivity index (χ0n) is 17.9. The molecule has 2 aliphatic rings. The molecule has 5 heteroatoms. The molecule has 2 heterocycles. The minimum Gasteiger partial charge on any atom is -0.491 e. The number of aryl methyl sites for hydroxylation is 2. The fourth-order valence-corrected chi connectivity index (χ4v) is 4.64. The van der Waals surface area contributed by atoms with Crippen molar-refractivity contribution in [3.8, 4) is 5.75 Å². The van der Waals surface area contributed by atoms with E-state index in [1.165, 1.54) is 42.4 Å². The molecule has 1 aliphatic carbocycles. The Morgan fingerprint density at radius 2 is 1.93 bits per heavy atom. The fourth-order valence-electron chi connectivity index (χ4n) is 4.64. The predicted molar refractivity (Wildman–Crippen MR) is 115 cm³/mol. The highest BCUT2D eigenvalue weighted by Gasteiger charge is 2.31. The molecule has 1 atom stereocenters. The van der Waals surface area contributed by atoms with Crippen molar-refractivity contribution < 1.29 is 9.84 Å². The van der Waals surface area contributed by atoms with E-state index in [1.807, 2.05) is 12.3 Å². The minimum absolute atomic E-state index is 0.364. The van der Waals surface area contributed by atoms with Crippen molar-refractivity contribution in [1.82, 2.24) is 14.7 Å². The Hall–Kier alpha value is -1.85. The maximum Gasteiger partial charge on any atom is 0.119 e. The summed E-state index contributed by atoms with van der Waals surface area (Å²) < 4.78 is 8.15. The molecule has 1 aromatic heterocycles. The predicted octanol–water partition coefficient (Wildman–Crippen LogP) is 4.41. The van der Waals surface area contributed by atoms with Gasteiger partial charge in [-0.3, -0.25) is 9.58 Å². The number of hydrogen-bond donors (Lipinski definition) is 1. The molecule has 4 rings (SSSR count). The summed E-state index contributed by atoms with van der Waals surface area (Å²) in [6.45, 7) is 7.38. The van der Waals surface area contributed by atoms with Crippen LogP contribution in [-0.4, -0.2) is 45.1 Å². The maximum atomic E-state index is 11.1. The molecule has 1 aliphatic heterocycles. The molecule has 1 aromatic carbocycles. The zero-order chi connectivity index (χ0) is 20.3. The van der Waals surface area contributed by atoms with Gasteiger partial charge < -0.3 is 9.84 Å². The lowest BCUT2D eigenvalue weighted by atomic mass is 9.96. The van der Waals surface area contributed by atoms with Gasteiger partial charge in [0.05, 0.1) is 17.8 Å². The lowest BCUT2D eigenvalue weighted by Crippen LogP contribution is -2.37. The van der Waals surface area contributed by atoms with E-state index < -0.39 is 5.60 Å². The van der Waals surface area contributed by atoms with Crippen LogP contribution in [0.15, 0.2) is 30.6 Å². The molecule has 0 bridgehead atoms. The van der Waals surface area contributed by atoms with Gasteiger partial charge in [0.25, 0.3) is 0 Å². The first-order valence-corrected chi connectivity index (χ1v) is 11.2. The monoisotopic (exact) mass is 397 g/mol. The molecular weight excluding hydrogens is 362 g/mol. The van der Waals surface area contributed by atoms with E-state index in [0.29, 0.717) is 12.6 Å². The smallest absolute Gasteiger partial charge is 0.119 e. The largest absolute Gasteiger partial charge is 0.491 e. The van der Waals surface area contributed by atoms with E-state index >= 15 is 0 Å². The highest BCUT2D eigenvalue weighted by molar-refractivity contribution is 5.33. The average molecular weight is 398 g/mol. The summed E-state index contributed by atoms with van der Waals surface area (Å²) in [5.41, 5.74) is 3.02. The van der Waals surface area contributed by atoms with Crippen LogP contribution in [0.3, 0.4) is 0 Å². The van der Waals surface area contributed by atoms with Crippen LogP contribution in [-0.2, 0) is 6.54 Å². The van der Waals surface area contributed by atoms with Gasteiger partial charge in [-0.1, -0.05) is 18.9 Å². The second kappa shape index (κ2) is 8.88. The third-order valence-corrected chi connectivity index (χ3v) is 6.76. The second-order valence-electron chi connectivity index (χ2n) is 9.16. The molecule has 29 heavy (non-hydrogen) atoms. The molecule has 1 saturated carbocycles. The molecule has 2 aromatic rings. The van der Waals surface area contributed by atoms with Crippen LogP contribution in [0.1, 0.15) is 67.7 Å². The van der Waals surface area contributed by atoms with Crippen molar-refractivity contribution in [2.75, 3.05) is 19.7 Å². The number of hydrogen-bond acceptors (Lipinski definition) is 4. The number of rotatable bonds is 6. The third-order valence-electron chi connectivity index (χ3n) is 6.76. The standard InChI is InChI=1S/C24H35N3O2/c1-19-8-9-23(14-20(19)2)29-18-24(28)10-5-12-26(13-11-24)16-21-15-25-27(17-21)22-6-3-4-7-22/h8-9,14-15,17,22,28H,3-7,10-13,16,18H2,1-2H3. The third kappa shape index (κ3) is 5.20. The van der Waals surface area contributed by atoms with E-state index in [4.69, 9.17) is 4.74 Å². The lowest BCUT2D eigenvalue weighted by Gasteiger charge is -2.27. The van der Waals surface area contributed by atoms with Gasteiger partial charge >= 0.3 is 0 Å². The van der Waals surface area contributed by atoms with Gasteiger partial charge in [0, 0.05) is 24.8 Å². The van der Waals surface area contributed by atoms with Gasteiger partial charge in [0.2, 0.25) is 0 Å². The molecule has 1 saturated heterocycles. The first-order valence-electron chi connectivity index (χ1n) is 11.2. The van der Waals surface area contributed by atoms with E-state index in [1.54, 1.807) is 0 Å². The van der Waals surface area contributed by atoms with Crippen molar-refractivity contribution >= 4 is 0 Å². The highest BCUT2D eigenvalue weighted by Crippen LogP contribution is 2.29. The minimum atomic E-state index is -0.748. The molecule has 2 fully saturated rings. The number of benzene rings is 1. The van der Waals surface area contributed by atoms with Crippen LogP contribution < -0.4 is 4.74 Å². The Labute approximate surface area is 174 Å². The van der Waals surface area contributed by atoms with Crippen LogP contribution in [0.4, 0.5) is 0 Å². The highest BCUT2D eigenvalue weighted by atomic mass is 16.5. The Bertz CT molecular complexity index is 812. The average Bonchev–Trinajstić information content (AvgIpc) is 3.35. The number of ether oxygens (including phenoxy) is 1. The SMILES string of the molecule is Cc1ccc(OCC2(O)CCCN(Cc3cnn(C4CCCC4)c3)CC2)cc1C. The summed E-state index contributed by atoms with van der Waals surface area (Å²) in [6, 6.07) is 6.73. The summed E-state index contributed by atoms with van der Waals surface area (Å²) >= 11 is 0. The number of aromatic nitrogens is 2. The Balaban J connectivity index is 1.29. The molecule has 5 nitrogen and oxygen atoms in total. The molecular formula is C24H35N3O2. The van der Waals surface area contributed by atoms with E-state index in [-0.39, 0.29) is 0 Å². The summed E-state index contributed by atoms with van der Waals surface area (Å²) in [6.07, 6.45) is 12.0. The molecule has 0 amide bonds. The first kappa shape index (κ1) is 20.4. The molecule has 1 unspecified atom stereocenters. The van der Waals surface area contributed by atoms with Gasteiger partial charge in [0.15, 0.2) is 0 Å². The van der Waals surface area contributed by atoms with E-state index in [0.717, 1.165) is 44.6 Å². The van der Waals surface area contributed by atoms with Crippen LogP contribution in [0.25, 0.3) is 0 Å². The Kier molecular flexibility index (Phi) is 6.26. The van der Waals surface area contributed by atoms with Crippen LogP contribution in [0, 0.1) is 13.8 Å². The van der Waals surface area contributed by atoms with Crippen LogP contribution in [0.2, 0.25) is 0 Å². The van der Waals surface area contributed by atoms with Gasteiger partial charge in [-0.2, -0.15) is 5.10 Å². The van der Waals surface area contributed by atoms with Crippen molar-refractivity contribution in [3.63, 3.8) is 0 Å². The summed E-state index contributed by atoms with van der Waals surface area (Å²) in [5.74, 6) is 0.849. The summed E-state index contributed by atoms with van der Waals surface area (Å²) in [5, 5.41) is 15.7. The molecule has 0 radical (unpaired) electrons. The van der Waals surface area contributed by atoms with E-state index in [2.05, 4.69) is 46.9 Å². The number of likely N-dealkylation sites (tertiary alicyclic amines) is 1. The number of nitrogens with zero attached hydrogens (tertiary/aromatic N) is 3. The summed E-state index contributed by atoms with van der Waals surface area (Å²) in [4.78, 5) is 2.45. The first-order chi connectivity index (χ1) is 14.0. The van der Waals surface area contributed by atoms with Crippen molar-refractivity contribution in [1.29, 1.82) is 0 Å². The van der Waals surface area contributed by atoms with Gasteiger partial charge in [0.1, 0.15) is 12.4 Å². The van der Waals surface area contributed by atoms with Crippen molar-refractivity contribution in [2.24, 2.45) is 0 Å². The lowest BCUT2D eigenvalue weighted by molar-refractivity contribution is -0.0168. The zero-order valence-corrected chi connectivity index (χ0v) is 17.9. The molecule has 158 valence electrons. The Morgan fingerprint density at radius 1 is 1.10 bits per heavy atom.